The van der Waals surface area contributed by atoms with Gasteiger partial charge in [0.25, 0.3) is 0 Å². The van der Waals surface area contributed by atoms with Gasteiger partial charge in [-0.05, 0) is 53.8 Å². The number of methoxy groups -OCH3 is 2. The van der Waals surface area contributed by atoms with Crippen LogP contribution in [0.1, 0.15) is 16.7 Å². The molecule has 8 heteroatoms. The van der Waals surface area contributed by atoms with Crippen molar-refractivity contribution in [3.63, 3.8) is 0 Å². The van der Waals surface area contributed by atoms with E-state index in [0.717, 1.165) is 29.8 Å². The van der Waals surface area contributed by atoms with Crippen LogP contribution in [0.3, 0.4) is 0 Å². The lowest BCUT2D eigenvalue weighted by Crippen LogP contribution is -2.40. The second-order valence-electron chi connectivity index (χ2n) is 7.06. The number of benzene rings is 2. The summed E-state index contributed by atoms with van der Waals surface area (Å²) in [6.07, 6.45) is 1.45. The first kappa shape index (κ1) is 21.8. The van der Waals surface area contributed by atoms with E-state index in [4.69, 9.17) is 9.47 Å². The molecule has 0 saturated heterocycles. The van der Waals surface area contributed by atoms with Gasteiger partial charge in [0.2, 0.25) is 5.91 Å². The number of amides is 1. The molecule has 0 bridgehead atoms. The molecule has 0 aliphatic carbocycles. The van der Waals surface area contributed by atoms with Crippen LogP contribution in [0.2, 0.25) is 0 Å². The number of alkyl halides is 2. The van der Waals surface area contributed by atoms with Crippen molar-refractivity contribution in [1.29, 1.82) is 0 Å². The first-order valence-electron chi connectivity index (χ1n) is 9.75. The monoisotopic (exact) mass is 420 g/mol. The number of carbonyl (C=O) groups is 1. The minimum atomic E-state index is -2.83. The lowest BCUT2D eigenvalue weighted by molar-refractivity contribution is -0.122. The van der Waals surface area contributed by atoms with Crippen molar-refractivity contribution in [1.82, 2.24) is 10.2 Å². The summed E-state index contributed by atoms with van der Waals surface area (Å²) in [5.74, 6) is 1.48. The second-order valence-corrected chi connectivity index (χ2v) is 7.06. The highest BCUT2D eigenvalue weighted by Gasteiger charge is 2.21. The standard InChI is InChI=1S/C22H26F2N2O4/c1-28-19-11-16-8-10-26(13-17(16)12-20(19)29-2)14-21(27)25-9-7-15-3-5-18(6-4-15)30-22(23)24/h3-6,11-12,22H,7-10,13-14H2,1-2H3,(H,25,27). The molecule has 1 aliphatic rings. The van der Waals surface area contributed by atoms with Crippen molar-refractivity contribution < 1.29 is 27.8 Å². The molecule has 1 aliphatic heterocycles. The van der Waals surface area contributed by atoms with Gasteiger partial charge in [0.1, 0.15) is 5.75 Å². The van der Waals surface area contributed by atoms with Crippen LogP contribution in [-0.2, 0) is 24.2 Å². The molecule has 0 radical (unpaired) electrons. The minimum absolute atomic E-state index is 0.0448. The molecule has 162 valence electrons. The van der Waals surface area contributed by atoms with E-state index in [0.29, 0.717) is 31.8 Å². The minimum Gasteiger partial charge on any atom is -0.493 e. The van der Waals surface area contributed by atoms with E-state index >= 15 is 0 Å². The van der Waals surface area contributed by atoms with E-state index in [-0.39, 0.29) is 11.7 Å². The van der Waals surface area contributed by atoms with Gasteiger partial charge < -0.3 is 19.5 Å². The van der Waals surface area contributed by atoms with Crippen LogP contribution in [0, 0.1) is 0 Å². The molecule has 2 aromatic rings. The van der Waals surface area contributed by atoms with Gasteiger partial charge >= 0.3 is 6.61 Å². The van der Waals surface area contributed by atoms with Crippen molar-refractivity contribution in [3.8, 4) is 17.2 Å². The zero-order valence-corrected chi connectivity index (χ0v) is 17.1. The van der Waals surface area contributed by atoms with E-state index in [9.17, 15) is 13.6 Å². The second kappa shape index (κ2) is 10.2. The molecule has 1 N–H and O–H groups in total. The fourth-order valence-electron chi connectivity index (χ4n) is 3.52. The Bertz CT molecular complexity index is 859. The predicted octanol–water partition coefficient (Wildman–Crippen LogP) is 3.02. The summed E-state index contributed by atoms with van der Waals surface area (Å²) in [5, 5.41) is 2.91. The maximum atomic E-state index is 12.3. The van der Waals surface area contributed by atoms with Crippen molar-refractivity contribution in [2.45, 2.75) is 26.0 Å². The average Bonchev–Trinajstić information content (AvgIpc) is 2.73. The van der Waals surface area contributed by atoms with Gasteiger partial charge in [0, 0.05) is 19.6 Å². The van der Waals surface area contributed by atoms with Gasteiger partial charge in [-0.2, -0.15) is 8.78 Å². The van der Waals surface area contributed by atoms with Crippen LogP contribution < -0.4 is 19.5 Å². The smallest absolute Gasteiger partial charge is 0.387 e. The Morgan fingerprint density at radius 1 is 1.10 bits per heavy atom. The first-order chi connectivity index (χ1) is 14.5. The molecule has 1 amide bonds. The Morgan fingerprint density at radius 3 is 2.40 bits per heavy atom. The van der Waals surface area contributed by atoms with Crippen LogP contribution in [0.25, 0.3) is 0 Å². The topological polar surface area (TPSA) is 60.0 Å². The van der Waals surface area contributed by atoms with Gasteiger partial charge in [0.05, 0.1) is 20.8 Å². The summed E-state index contributed by atoms with van der Waals surface area (Å²) in [4.78, 5) is 14.4. The highest BCUT2D eigenvalue weighted by atomic mass is 19.3. The zero-order chi connectivity index (χ0) is 21.5. The number of nitrogens with one attached hydrogen (secondary N) is 1. The first-order valence-corrected chi connectivity index (χ1v) is 9.75. The number of ether oxygens (including phenoxy) is 3. The zero-order valence-electron chi connectivity index (χ0n) is 17.1. The number of fused-ring (bicyclic) bond motifs is 1. The van der Waals surface area contributed by atoms with Crippen LogP contribution in [-0.4, -0.2) is 51.3 Å². The van der Waals surface area contributed by atoms with Crippen LogP contribution in [0.5, 0.6) is 17.2 Å². The van der Waals surface area contributed by atoms with Crippen LogP contribution in [0.15, 0.2) is 36.4 Å². The summed E-state index contributed by atoms with van der Waals surface area (Å²) in [6.45, 7) is -0.575. The average molecular weight is 420 g/mol. The van der Waals surface area contributed by atoms with E-state index in [2.05, 4.69) is 15.0 Å². The fourth-order valence-corrected chi connectivity index (χ4v) is 3.52. The highest BCUT2D eigenvalue weighted by Crippen LogP contribution is 2.33. The van der Waals surface area contributed by atoms with Crippen molar-refractivity contribution in [2.75, 3.05) is 33.9 Å². The third-order valence-corrected chi connectivity index (χ3v) is 5.05. The molecule has 0 unspecified atom stereocenters. The van der Waals surface area contributed by atoms with E-state index < -0.39 is 6.61 Å². The highest BCUT2D eigenvalue weighted by molar-refractivity contribution is 5.78. The third-order valence-electron chi connectivity index (χ3n) is 5.05. The lowest BCUT2D eigenvalue weighted by Gasteiger charge is -2.29. The molecule has 0 saturated carbocycles. The van der Waals surface area contributed by atoms with Gasteiger partial charge in [-0.1, -0.05) is 12.1 Å². The number of rotatable bonds is 9. The molecule has 30 heavy (non-hydrogen) atoms. The molecule has 0 atom stereocenters. The molecule has 2 aromatic carbocycles. The molecular weight excluding hydrogens is 394 g/mol. The molecular formula is C22H26F2N2O4. The van der Waals surface area contributed by atoms with E-state index in [1.807, 2.05) is 12.1 Å². The fraction of sp³-hybridized carbons (Fsp3) is 0.409. The molecule has 1 heterocycles. The Kier molecular flexibility index (Phi) is 7.46. The Balaban J connectivity index is 1.45. The molecule has 3 rings (SSSR count). The number of carbonyl (C=O) groups excluding carboxylic acids is 1. The van der Waals surface area contributed by atoms with Gasteiger partial charge in [-0.25, -0.2) is 0 Å². The van der Waals surface area contributed by atoms with Crippen molar-refractivity contribution in [3.05, 3.63) is 53.1 Å². The van der Waals surface area contributed by atoms with Crippen molar-refractivity contribution in [2.24, 2.45) is 0 Å². The summed E-state index contributed by atoms with van der Waals surface area (Å²) < 4.78 is 39.4. The van der Waals surface area contributed by atoms with Crippen LogP contribution in [0.4, 0.5) is 8.78 Å². The van der Waals surface area contributed by atoms with Gasteiger partial charge in [0.15, 0.2) is 11.5 Å². The van der Waals surface area contributed by atoms with Crippen molar-refractivity contribution >= 4 is 5.91 Å². The van der Waals surface area contributed by atoms with Gasteiger partial charge in [-0.3, -0.25) is 9.69 Å². The van der Waals surface area contributed by atoms with E-state index in [1.54, 1.807) is 26.4 Å². The van der Waals surface area contributed by atoms with Crippen LogP contribution >= 0.6 is 0 Å². The molecule has 0 aromatic heterocycles. The normalized spacial score (nSPS) is 13.6. The lowest BCUT2D eigenvalue weighted by atomic mass is 9.99. The number of hydrogen-bond acceptors (Lipinski definition) is 5. The predicted molar refractivity (Wildman–Crippen MR) is 108 cm³/mol. The number of nitrogens with zero attached hydrogens (tertiary/aromatic N) is 1. The molecule has 6 nitrogen and oxygen atoms in total. The third kappa shape index (κ3) is 5.82. The van der Waals surface area contributed by atoms with E-state index in [1.165, 1.54) is 17.7 Å². The SMILES string of the molecule is COc1cc2c(cc1OC)CN(CC(=O)NCCc1ccc(OC(F)F)cc1)CC2. The summed E-state index contributed by atoms with van der Waals surface area (Å²) >= 11 is 0. The largest absolute Gasteiger partial charge is 0.493 e. The Labute approximate surface area is 174 Å². The summed E-state index contributed by atoms with van der Waals surface area (Å²) in [7, 11) is 3.23. The molecule has 0 fully saturated rings. The van der Waals surface area contributed by atoms with Gasteiger partial charge in [-0.15, -0.1) is 0 Å². The molecule has 0 spiro atoms. The maximum Gasteiger partial charge on any atom is 0.387 e. The Morgan fingerprint density at radius 2 is 1.77 bits per heavy atom. The number of halogens is 2. The summed E-state index contributed by atoms with van der Waals surface area (Å²) in [5.41, 5.74) is 3.28. The quantitative estimate of drug-likeness (QED) is 0.676. The summed E-state index contributed by atoms with van der Waals surface area (Å²) in [6, 6.07) is 10.4. The Hall–Kier alpha value is -2.87. The maximum absolute atomic E-state index is 12.3. The number of hydrogen-bond donors (Lipinski definition) is 1.